The molecule has 0 N–H and O–H groups in total. The van der Waals surface area contributed by atoms with E-state index in [0.29, 0.717) is 0 Å². The molecule has 1 aliphatic rings. The molecule has 44 valence electrons. The molecule has 0 aromatic carbocycles. The first-order chi connectivity index (χ1) is 3.72. The Hall–Kier alpha value is -0.390. The summed E-state index contributed by atoms with van der Waals surface area (Å²) in [5.74, 6) is 1.59. The van der Waals surface area contributed by atoms with Crippen LogP contribution in [0.25, 0.3) is 0 Å². The normalized spacial score (nSPS) is 20.6. The Kier molecular flexibility index (Phi) is 1.33. The first kappa shape index (κ1) is 5.74. The maximum Gasteiger partial charge on any atom is 0.104 e. The summed E-state index contributed by atoms with van der Waals surface area (Å²) >= 11 is 0. The van der Waals surface area contributed by atoms with E-state index < -0.39 is 0 Å². The van der Waals surface area contributed by atoms with Crippen LogP contribution in [0.15, 0.2) is 11.1 Å². The SMILES string of the molecule is CC1=C(C)[C+](C)CC1. The Morgan fingerprint density at radius 2 is 2.00 bits per heavy atom. The zero-order valence-electron chi connectivity index (χ0n) is 5.91. The largest absolute Gasteiger partial charge is 0.104 e. The summed E-state index contributed by atoms with van der Waals surface area (Å²) in [5.41, 5.74) is 3.13. The summed E-state index contributed by atoms with van der Waals surface area (Å²) in [6.07, 6.45) is 2.61. The van der Waals surface area contributed by atoms with E-state index in [1.165, 1.54) is 12.8 Å². The predicted octanol–water partition coefficient (Wildman–Crippen LogP) is 2.71. The molecule has 0 spiro atoms. The van der Waals surface area contributed by atoms with Crippen LogP contribution >= 0.6 is 0 Å². The Morgan fingerprint density at radius 1 is 1.38 bits per heavy atom. The molecule has 0 saturated carbocycles. The second-order valence-corrected chi connectivity index (χ2v) is 2.69. The summed E-state index contributed by atoms with van der Waals surface area (Å²) < 4.78 is 0. The van der Waals surface area contributed by atoms with E-state index in [2.05, 4.69) is 20.8 Å². The third kappa shape index (κ3) is 0.750. The first-order valence-electron chi connectivity index (χ1n) is 3.21. The van der Waals surface area contributed by atoms with Crippen molar-refractivity contribution < 1.29 is 0 Å². The number of allylic oxidation sites excluding steroid dienone is 2. The lowest BCUT2D eigenvalue weighted by Crippen LogP contribution is -1.83. The molecule has 0 heterocycles. The van der Waals surface area contributed by atoms with Gasteiger partial charge in [-0.2, -0.15) is 0 Å². The van der Waals surface area contributed by atoms with Gasteiger partial charge in [-0.3, -0.25) is 0 Å². The van der Waals surface area contributed by atoms with Gasteiger partial charge in [0.05, 0.1) is 24.3 Å². The van der Waals surface area contributed by atoms with Crippen molar-refractivity contribution in [3.05, 3.63) is 17.1 Å². The van der Waals surface area contributed by atoms with Gasteiger partial charge in [-0.25, -0.2) is 0 Å². The molecule has 0 amide bonds. The van der Waals surface area contributed by atoms with Crippen LogP contribution in [0.4, 0.5) is 0 Å². The Morgan fingerprint density at radius 3 is 2.12 bits per heavy atom. The third-order valence-corrected chi connectivity index (χ3v) is 2.16. The van der Waals surface area contributed by atoms with E-state index in [9.17, 15) is 0 Å². The highest BCUT2D eigenvalue weighted by Gasteiger charge is 2.24. The minimum Gasteiger partial charge on any atom is -0.00129 e. The minimum atomic E-state index is 1.30. The van der Waals surface area contributed by atoms with Crippen molar-refractivity contribution in [2.45, 2.75) is 33.6 Å². The summed E-state index contributed by atoms with van der Waals surface area (Å²) in [7, 11) is 0. The van der Waals surface area contributed by atoms with Crippen molar-refractivity contribution in [1.82, 2.24) is 0 Å². The fraction of sp³-hybridized carbons (Fsp3) is 0.625. The van der Waals surface area contributed by atoms with Crippen molar-refractivity contribution in [3.63, 3.8) is 0 Å². The fourth-order valence-corrected chi connectivity index (χ4v) is 1.11. The third-order valence-electron chi connectivity index (χ3n) is 2.16. The van der Waals surface area contributed by atoms with Crippen LogP contribution in [0, 0.1) is 5.92 Å². The van der Waals surface area contributed by atoms with E-state index in [1.807, 2.05) is 0 Å². The molecular weight excluding hydrogens is 96.1 g/mol. The monoisotopic (exact) mass is 109 g/mol. The van der Waals surface area contributed by atoms with E-state index in [4.69, 9.17) is 0 Å². The molecule has 0 aromatic rings. The van der Waals surface area contributed by atoms with Gasteiger partial charge in [0.1, 0.15) is 5.57 Å². The highest BCUT2D eigenvalue weighted by molar-refractivity contribution is 5.31. The lowest BCUT2D eigenvalue weighted by atomic mass is 10.1. The molecule has 0 heteroatoms. The molecule has 1 rings (SSSR count). The molecule has 0 radical (unpaired) electrons. The van der Waals surface area contributed by atoms with Gasteiger partial charge in [-0.1, -0.05) is 0 Å². The second kappa shape index (κ2) is 1.85. The summed E-state index contributed by atoms with van der Waals surface area (Å²) in [6, 6.07) is 0. The summed E-state index contributed by atoms with van der Waals surface area (Å²) in [4.78, 5) is 0. The first-order valence-corrected chi connectivity index (χ1v) is 3.21. The molecule has 8 heavy (non-hydrogen) atoms. The lowest BCUT2D eigenvalue weighted by molar-refractivity contribution is 0.919. The van der Waals surface area contributed by atoms with Gasteiger partial charge in [0.15, 0.2) is 0 Å². The average molecular weight is 109 g/mol. The molecule has 0 aromatic heterocycles. The summed E-state index contributed by atoms with van der Waals surface area (Å²) in [5, 5.41) is 0. The van der Waals surface area contributed by atoms with E-state index >= 15 is 0 Å². The smallest absolute Gasteiger partial charge is 0.00129 e. The topological polar surface area (TPSA) is 0 Å². The maximum atomic E-state index is 2.23. The van der Waals surface area contributed by atoms with Crippen LogP contribution in [0.5, 0.6) is 0 Å². The van der Waals surface area contributed by atoms with Crippen molar-refractivity contribution in [1.29, 1.82) is 0 Å². The fourth-order valence-electron chi connectivity index (χ4n) is 1.11. The maximum absolute atomic E-state index is 2.23. The average Bonchev–Trinajstić information content (AvgIpc) is 1.98. The molecule has 0 nitrogen and oxygen atoms in total. The molecule has 0 atom stereocenters. The Bertz CT molecular complexity index is 120. The molecule has 1 aliphatic carbocycles. The van der Waals surface area contributed by atoms with Crippen LogP contribution in [0.2, 0.25) is 0 Å². The van der Waals surface area contributed by atoms with Gasteiger partial charge >= 0.3 is 0 Å². The van der Waals surface area contributed by atoms with Gasteiger partial charge in [-0.15, -0.1) is 0 Å². The molecule has 0 bridgehead atoms. The standard InChI is InChI=1S/C8H13/c1-6-4-5-7(2)8(6)3/h4-5H2,1-3H3/q+1. The lowest BCUT2D eigenvalue weighted by Gasteiger charge is -1.89. The van der Waals surface area contributed by atoms with Gasteiger partial charge in [0, 0.05) is 13.8 Å². The molecule has 0 fully saturated rings. The van der Waals surface area contributed by atoms with Crippen LogP contribution < -0.4 is 0 Å². The quantitative estimate of drug-likeness (QED) is 0.419. The van der Waals surface area contributed by atoms with E-state index in [1.54, 1.807) is 17.1 Å². The van der Waals surface area contributed by atoms with Crippen molar-refractivity contribution in [2.75, 3.05) is 0 Å². The van der Waals surface area contributed by atoms with Gasteiger partial charge in [0.25, 0.3) is 0 Å². The minimum absolute atomic E-state index is 1.30. The van der Waals surface area contributed by atoms with Gasteiger partial charge in [-0.05, 0) is 6.92 Å². The highest BCUT2D eigenvalue weighted by atomic mass is 14.2. The Balaban J connectivity index is 2.71. The number of hydrogen-bond acceptors (Lipinski definition) is 0. The number of hydrogen-bond donors (Lipinski definition) is 0. The number of rotatable bonds is 0. The molecule has 0 saturated heterocycles. The van der Waals surface area contributed by atoms with Crippen molar-refractivity contribution in [2.24, 2.45) is 0 Å². The van der Waals surface area contributed by atoms with Crippen LogP contribution in [-0.2, 0) is 0 Å². The van der Waals surface area contributed by atoms with Crippen LogP contribution in [-0.4, -0.2) is 0 Å². The van der Waals surface area contributed by atoms with Crippen molar-refractivity contribution >= 4 is 0 Å². The zero-order valence-corrected chi connectivity index (χ0v) is 5.91. The summed E-state index contributed by atoms with van der Waals surface area (Å²) in [6.45, 7) is 6.68. The predicted molar refractivity (Wildman–Crippen MR) is 36.5 cm³/mol. The molecule has 0 unspecified atom stereocenters. The van der Waals surface area contributed by atoms with E-state index in [0.717, 1.165) is 0 Å². The van der Waals surface area contributed by atoms with E-state index in [-0.39, 0.29) is 0 Å². The highest BCUT2D eigenvalue weighted by Crippen LogP contribution is 2.31. The van der Waals surface area contributed by atoms with Crippen LogP contribution in [0.1, 0.15) is 33.6 Å². The Labute approximate surface area is 51.6 Å². The van der Waals surface area contributed by atoms with Gasteiger partial charge < -0.3 is 0 Å². The molecule has 0 aliphatic heterocycles. The second-order valence-electron chi connectivity index (χ2n) is 2.69. The zero-order chi connectivity index (χ0) is 6.15. The molecular formula is C8H13+. The van der Waals surface area contributed by atoms with Crippen molar-refractivity contribution in [3.8, 4) is 0 Å². The van der Waals surface area contributed by atoms with Crippen LogP contribution in [0.3, 0.4) is 0 Å². The van der Waals surface area contributed by atoms with Gasteiger partial charge in [0.2, 0.25) is 0 Å².